The molecule has 0 aliphatic carbocycles. The molecule has 4 rings (SSSR count). The van der Waals surface area contributed by atoms with Gasteiger partial charge >= 0.3 is 0 Å². The van der Waals surface area contributed by atoms with Crippen molar-refractivity contribution >= 4 is 26.7 Å². The quantitative estimate of drug-likeness (QED) is 0.944. The zero-order valence-electron chi connectivity index (χ0n) is 11.9. The fourth-order valence-corrected chi connectivity index (χ4v) is 3.98. The number of fused-ring (bicyclic) bond motifs is 3. The Kier molecular flexibility index (Phi) is 3.45. The van der Waals surface area contributed by atoms with Gasteiger partial charge in [-0.15, -0.1) is 0 Å². The highest BCUT2D eigenvalue weighted by atomic mass is 32.1. The topological polar surface area (TPSA) is 52.6 Å². The number of thiazole rings is 1. The van der Waals surface area contributed by atoms with E-state index in [2.05, 4.69) is 11.4 Å². The number of rotatable bonds is 3. The van der Waals surface area contributed by atoms with Crippen LogP contribution in [0.1, 0.15) is 12.0 Å². The molecule has 1 fully saturated rings. The number of hydrogen-bond donors (Lipinski definition) is 1. The van der Waals surface area contributed by atoms with Crippen molar-refractivity contribution < 1.29 is 14.2 Å². The van der Waals surface area contributed by atoms with Gasteiger partial charge in [0.1, 0.15) is 5.75 Å². The van der Waals surface area contributed by atoms with E-state index in [1.165, 1.54) is 10.3 Å². The van der Waals surface area contributed by atoms with Gasteiger partial charge in [-0.05, 0) is 18.6 Å². The molecule has 1 N–H and O–H groups in total. The van der Waals surface area contributed by atoms with Crippen molar-refractivity contribution in [1.29, 1.82) is 0 Å². The summed E-state index contributed by atoms with van der Waals surface area (Å²) in [5.41, 5.74) is 2.31. The number of ether oxygens (including phenoxy) is 3. The molecule has 0 radical (unpaired) electrons. The Labute approximate surface area is 127 Å². The van der Waals surface area contributed by atoms with E-state index in [9.17, 15) is 0 Å². The van der Waals surface area contributed by atoms with Gasteiger partial charge in [0.15, 0.2) is 5.13 Å². The van der Waals surface area contributed by atoms with E-state index >= 15 is 0 Å². The first kappa shape index (κ1) is 13.3. The lowest BCUT2D eigenvalue weighted by Crippen LogP contribution is -2.43. The first-order chi connectivity index (χ1) is 10.3. The van der Waals surface area contributed by atoms with Crippen LogP contribution >= 0.6 is 11.3 Å². The monoisotopic (exact) mass is 306 g/mol. The molecule has 112 valence electrons. The van der Waals surface area contributed by atoms with Gasteiger partial charge in [-0.1, -0.05) is 11.3 Å². The van der Waals surface area contributed by atoms with Crippen LogP contribution in [0, 0.1) is 0 Å². The highest BCUT2D eigenvalue weighted by Gasteiger charge is 2.27. The first-order valence-corrected chi connectivity index (χ1v) is 8.09. The molecule has 2 atom stereocenters. The van der Waals surface area contributed by atoms with Crippen LogP contribution in [0.15, 0.2) is 12.1 Å². The zero-order valence-corrected chi connectivity index (χ0v) is 12.7. The standard InChI is InChI=1S/C15H18N2O3S/c1-18-12-5-6-19-8-10(12)16-15-17-14-9-4-7-20-11(9)2-3-13(14)21-15/h2-3,10,12H,4-8H2,1H3,(H,16,17). The molecule has 2 aliphatic rings. The van der Waals surface area contributed by atoms with E-state index in [0.29, 0.717) is 6.61 Å². The first-order valence-electron chi connectivity index (χ1n) is 7.27. The molecule has 2 unspecified atom stereocenters. The summed E-state index contributed by atoms with van der Waals surface area (Å²) in [6.07, 6.45) is 2.05. The van der Waals surface area contributed by atoms with Crippen LogP contribution in [0.4, 0.5) is 5.13 Å². The lowest BCUT2D eigenvalue weighted by atomic mass is 10.1. The minimum atomic E-state index is 0.161. The summed E-state index contributed by atoms with van der Waals surface area (Å²) in [6.45, 7) is 2.19. The fourth-order valence-electron chi connectivity index (χ4n) is 3.03. The second-order valence-corrected chi connectivity index (χ2v) is 6.43. The number of methoxy groups -OCH3 is 1. The molecule has 0 spiro atoms. The molecule has 6 heteroatoms. The summed E-state index contributed by atoms with van der Waals surface area (Å²) in [5, 5.41) is 4.41. The van der Waals surface area contributed by atoms with Gasteiger partial charge < -0.3 is 19.5 Å². The Morgan fingerprint density at radius 2 is 2.33 bits per heavy atom. The molecule has 3 heterocycles. The lowest BCUT2D eigenvalue weighted by molar-refractivity contribution is -0.0199. The fraction of sp³-hybridized carbons (Fsp3) is 0.533. The Balaban J connectivity index is 1.62. The molecule has 2 aromatic rings. The molecule has 1 saturated heterocycles. The Morgan fingerprint density at radius 1 is 1.38 bits per heavy atom. The van der Waals surface area contributed by atoms with Crippen LogP contribution in [0.2, 0.25) is 0 Å². The second-order valence-electron chi connectivity index (χ2n) is 5.40. The normalized spacial score (nSPS) is 24.8. The summed E-state index contributed by atoms with van der Waals surface area (Å²) in [4.78, 5) is 4.76. The Morgan fingerprint density at radius 3 is 3.24 bits per heavy atom. The number of anilines is 1. The molecular weight excluding hydrogens is 288 g/mol. The average Bonchev–Trinajstić information content (AvgIpc) is 3.12. The maximum atomic E-state index is 5.60. The van der Waals surface area contributed by atoms with E-state index in [1.807, 2.05) is 6.07 Å². The summed E-state index contributed by atoms with van der Waals surface area (Å²) < 4.78 is 17.9. The smallest absolute Gasteiger partial charge is 0.184 e. The number of benzene rings is 1. The molecule has 0 saturated carbocycles. The van der Waals surface area contributed by atoms with Crippen LogP contribution < -0.4 is 10.1 Å². The predicted octanol–water partition coefficient (Wildman–Crippen LogP) is 2.45. The van der Waals surface area contributed by atoms with Gasteiger partial charge in [0.05, 0.1) is 35.6 Å². The summed E-state index contributed by atoms with van der Waals surface area (Å²) in [6, 6.07) is 4.30. The predicted molar refractivity (Wildman–Crippen MR) is 82.5 cm³/mol. The number of nitrogens with zero attached hydrogens (tertiary/aromatic N) is 1. The summed E-state index contributed by atoms with van der Waals surface area (Å²) >= 11 is 1.68. The third-order valence-corrected chi connectivity index (χ3v) is 5.09. The maximum absolute atomic E-state index is 5.60. The van der Waals surface area contributed by atoms with E-state index in [4.69, 9.17) is 19.2 Å². The highest BCUT2D eigenvalue weighted by molar-refractivity contribution is 7.22. The minimum Gasteiger partial charge on any atom is -0.493 e. The maximum Gasteiger partial charge on any atom is 0.184 e. The van der Waals surface area contributed by atoms with Crippen LogP contribution in [-0.2, 0) is 15.9 Å². The van der Waals surface area contributed by atoms with Gasteiger partial charge in [0, 0.05) is 25.7 Å². The van der Waals surface area contributed by atoms with E-state index in [1.54, 1.807) is 18.4 Å². The van der Waals surface area contributed by atoms with Gasteiger partial charge in [-0.2, -0.15) is 0 Å². The van der Waals surface area contributed by atoms with Gasteiger partial charge in [0.2, 0.25) is 0 Å². The van der Waals surface area contributed by atoms with Crippen LogP contribution in [0.5, 0.6) is 5.75 Å². The zero-order chi connectivity index (χ0) is 14.2. The van der Waals surface area contributed by atoms with Crippen molar-refractivity contribution in [3.05, 3.63) is 17.7 Å². The molecule has 1 aromatic heterocycles. The number of hydrogen-bond acceptors (Lipinski definition) is 6. The lowest BCUT2D eigenvalue weighted by Gasteiger charge is -2.30. The van der Waals surface area contributed by atoms with Crippen LogP contribution in [0.25, 0.3) is 10.2 Å². The Hall–Kier alpha value is -1.37. The van der Waals surface area contributed by atoms with E-state index in [-0.39, 0.29) is 12.1 Å². The molecule has 21 heavy (non-hydrogen) atoms. The third kappa shape index (κ3) is 2.37. The minimum absolute atomic E-state index is 0.161. The van der Waals surface area contributed by atoms with Crippen molar-refractivity contribution in [3.8, 4) is 5.75 Å². The molecule has 0 bridgehead atoms. The van der Waals surface area contributed by atoms with Crippen molar-refractivity contribution in [2.24, 2.45) is 0 Å². The van der Waals surface area contributed by atoms with Crippen LogP contribution in [0.3, 0.4) is 0 Å². The van der Waals surface area contributed by atoms with Crippen molar-refractivity contribution in [1.82, 2.24) is 4.98 Å². The third-order valence-electron chi connectivity index (χ3n) is 4.14. The summed E-state index contributed by atoms with van der Waals surface area (Å²) in [5.74, 6) is 0.982. The largest absolute Gasteiger partial charge is 0.493 e. The van der Waals surface area contributed by atoms with Gasteiger partial charge in [-0.3, -0.25) is 0 Å². The second kappa shape index (κ2) is 5.44. The number of nitrogens with one attached hydrogen (secondary N) is 1. The SMILES string of the molecule is COC1CCOCC1Nc1nc2c3c(ccc2s1)OCC3. The average molecular weight is 306 g/mol. The molecule has 5 nitrogen and oxygen atoms in total. The van der Waals surface area contributed by atoms with Gasteiger partial charge in [-0.25, -0.2) is 4.98 Å². The molecule has 2 aliphatic heterocycles. The highest BCUT2D eigenvalue weighted by Crippen LogP contribution is 2.36. The molecule has 0 amide bonds. The van der Waals surface area contributed by atoms with Gasteiger partial charge in [0.25, 0.3) is 0 Å². The molecular formula is C15H18N2O3S. The summed E-state index contributed by atoms with van der Waals surface area (Å²) in [7, 11) is 1.76. The van der Waals surface area contributed by atoms with Crippen molar-refractivity contribution in [3.63, 3.8) is 0 Å². The van der Waals surface area contributed by atoms with Crippen molar-refractivity contribution in [2.75, 3.05) is 32.2 Å². The van der Waals surface area contributed by atoms with E-state index in [0.717, 1.165) is 42.5 Å². The Bertz CT molecular complexity index is 658. The molecule has 1 aromatic carbocycles. The van der Waals surface area contributed by atoms with Crippen LogP contribution in [-0.4, -0.2) is 44.1 Å². The van der Waals surface area contributed by atoms with E-state index < -0.39 is 0 Å². The number of aromatic nitrogens is 1. The van der Waals surface area contributed by atoms with Crippen molar-refractivity contribution in [2.45, 2.75) is 25.0 Å².